The van der Waals surface area contributed by atoms with E-state index in [1.165, 1.54) is 23.7 Å². The third kappa shape index (κ3) is 4.78. The van der Waals surface area contributed by atoms with Crippen molar-refractivity contribution in [1.82, 2.24) is 14.3 Å². The van der Waals surface area contributed by atoms with Gasteiger partial charge in [0, 0.05) is 36.1 Å². The number of carbonyl (C=O) groups is 1. The molecule has 1 aliphatic carbocycles. The van der Waals surface area contributed by atoms with Gasteiger partial charge in [0.2, 0.25) is 0 Å². The summed E-state index contributed by atoms with van der Waals surface area (Å²) < 4.78 is 23.2. The Morgan fingerprint density at radius 2 is 1.85 bits per heavy atom. The van der Waals surface area contributed by atoms with Crippen molar-refractivity contribution in [3.8, 4) is 10.9 Å². The number of ether oxygens (including phenoxy) is 1. The summed E-state index contributed by atoms with van der Waals surface area (Å²) in [5, 5.41) is 0.440. The van der Waals surface area contributed by atoms with Gasteiger partial charge in [-0.25, -0.2) is 4.39 Å². The van der Waals surface area contributed by atoms with Gasteiger partial charge in [-0.1, -0.05) is 32.9 Å². The normalized spacial score (nSPS) is 23.5. The number of rotatable bonds is 5. The van der Waals surface area contributed by atoms with Gasteiger partial charge in [-0.05, 0) is 72.1 Å². The van der Waals surface area contributed by atoms with Gasteiger partial charge in [-0.2, -0.15) is 9.36 Å². The van der Waals surface area contributed by atoms with Gasteiger partial charge in [0.15, 0.2) is 5.82 Å². The molecule has 5 nitrogen and oxygen atoms in total. The molecule has 2 atom stereocenters. The van der Waals surface area contributed by atoms with Crippen LogP contribution in [0.15, 0.2) is 48.5 Å². The van der Waals surface area contributed by atoms with Crippen LogP contribution in [0.2, 0.25) is 0 Å². The highest BCUT2D eigenvalue weighted by molar-refractivity contribution is 7.07. The quantitative estimate of drug-likeness (QED) is 0.457. The summed E-state index contributed by atoms with van der Waals surface area (Å²) in [4.78, 5) is 19.7. The number of fused-ring (bicyclic) bond motifs is 2. The first kappa shape index (κ1) is 22.0. The van der Waals surface area contributed by atoms with Crippen LogP contribution in [0.4, 0.5) is 4.39 Å². The zero-order valence-corrected chi connectivity index (χ0v) is 20.0. The second-order valence-corrected chi connectivity index (χ2v) is 11.3. The number of hydrogen-bond acceptors (Lipinski definition) is 5. The molecule has 2 heterocycles. The molecule has 5 rings (SSSR count). The lowest BCUT2D eigenvalue weighted by atomic mass is 9.65. The van der Waals surface area contributed by atoms with E-state index in [0.717, 1.165) is 31.4 Å². The molecular weight excluding hydrogens is 437 g/mol. The molecule has 172 valence electrons. The standard InChI is InChI=1S/C26H28FN3O2S/c1-25(2)13-20-14-26(3,15-25)16-30(20)23(31)18-6-10-21(11-7-18)32-24-28-22(29-33-24)12-17-4-8-19(27)9-5-17/h4-11,20H,12-16H2,1-3H3. The van der Waals surface area contributed by atoms with E-state index < -0.39 is 0 Å². The summed E-state index contributed by atoms with van der Waals surface area (Å²) in [5.41, 5.74) is 2.12. The molecule has 0 spiro atoms. The van der Waals surface area contributed by atoms with Crippen molar-refractivity contribution in [2.75, 3.05) is 6.54 Å². The number of halogens is 1. The summed E-state index contributed by atoms with van der Waals surface area (Å²) in [6.07, 6.45) is 3.84. The molecule has 2 aromatic carbocycles. The van der Waals surface area contributed by atoms with E-state index in [0.29, 0.717) is 34.8 Å². The molecule has 2 unspecified atom stereocenters. The highest BCUT2D eigenvalue weighted by Crippen LogP contribution is 2.52. The molecular formula is C26H28FN3O2S. The first-order valence-corrected chi connectivity index (χ1v) is 12.1. The third-order valence-corrected chi connectivity index (χ3v) is 7.34. The van der Waals surface area contributed by atoms with Crippen molar-refractivity contribution in [2.45, 2.75) is 52.5 Å². The van der Waals surface area contributed by atoms with E-state index in [9.17, 15) is 9.18 Å². The molecule has 1 amide bonds. The monoisotopic (exact) mass is 465 g/mol. The Morgan fingerprint density at radius 1 is 1.12 bits per heavy atom. The Morgan fingerprint density at radius 3 is 2.58 bits per heavy atom. The van der Waals surface area contributed by atoms with Crippen LogP contribution in [0, 0.1) is 16.6 Å². The summed E-state index contributed by atoms with van der Waals surface area (Å²) in [7, 11) is 0. The molecule has 33 heavy (non-hydrogen) atoms. The van der Waals surface area contributed by atoms with Crippen LogP contribution in [0.25, 0.3) is 0 Å². The Bertz CT molecular complexity index is 1160. The van der Waals surface area contributed by atoms with Crippen molar-refractivity contribution >= 4 is 17.4 Å². The van der Waals surface area contributed by atoms with Crippen molar-refractivity contribution in [2.24, 2.45) is 10.8 Å². The van der Waals surface area contributed by atoms with Crippen LogP contribution in [0.3, 0.4) is 0 Å². The Labute approximate surface area is 197 Å². The first-order chi connectivity index (χ1) is 15.7. The van der Waals surface area contributed by atoms with Crippen LogP contribution in [0.5, 0.6) is 10.9 Å². The highest BCUT2D eigenvalue weighted by atomic mass is 32.1. The topological polar surface area (TPSA) is 55.3 Å². The van der Waals surface area contributed by atoms with Crippen molar-refractivity contribution in [3.05, 3.63) is 71.3 Å². The molecule has 2 aliphatic rings. The molecule has 0 N–H and O–H groups in total. The maximum absolute atomic E-state index is 13.3. The van der Waals surface area contributed by atoms with E-state index in [4.69, 9.17) is 4.74 Å². The lowest BCUT2D eigenvalue weighted by Gasteiger charge is -2.39. The molecule has 1 aromatic heterocycles. The zero-order chi connectivity index (χ0) is 23.2. The molecule has 2 bridgehead atoms. The van der Waals surface area contributed by atoms with Gasteiger partial charge in [0.25, 0.3) is 11.1 Å². The number of benzene rings is 2. The Hall–Kier alpha value is -2.80. The largest absolute Gasteiger partial charge is 0.430 e. The fourth-order valence-electron chi connectivity index (χ4n) is 5.77. The maximum atomic E-state index is 13.3. The van der Waals surface area contributed by atoms with Crippen molar-refractivity contribution < 1.29 is 13.9 Å². The number of hydrogen-bond donors (Lipinski definition) is 0. The van der Waals surface area contributed by atoms with E-state index in [1.54, 1.807) is 12.1 Å². The van der Waals surface area contributed by atoms with E-state index in [-0.39, 0.29) is 22.6 Å². The third-order valence-electron chi connectivity index (χ3n) is 6.71. The SMILES string of the molecule is CC1(C)CC2CC(C)(CN2C(=O)c2ccc(Oc3nc(Cc4ccc(F)cc4)ns3)cc2)C1. The molecule has 7 heteroatoms. The lowest BCUT2D eigenvalue weighted by molar-refractivity contribution is 0.0708. The van der Waals surface area contributed by atoms with Crippen LogP contribution in [-0.2, 0) is 6.42 Å². The minimum absolute atomic E-state index is 0.102. The van der Waals surface area contributed by atoms with Crippen molar-refractivity contribution in [1.29, 1.82) is 0 Å². The summed E-state index contributed by atoms with van der Waals surface area (Å²) in [5.74, 6) is 1.08. The molecule has 1 saturated carbocycles. The van der Waals surface area contributed by atoms with Crippen LogP contribution in [-0.4, -0.2) is 32.8 Å². The van der Waals surface area contributed by atoms with E-state index >= 15 is 0 Å². The molecule has 3 aromatic rings. The molecule has 2 fully saturated rings. The van der Waals surface area contributed by atoms with Gasteiger partial charge >= 0.3 is 0 Å². The molecule has 0 radical (unpaired) electrons. The minimum atomic E-state index is -0.262. The van der Waals surface area contributed by atoms with E-state index in [2.05, 4.69) is 35.0 Å². The fraction of sp³-hybridized carbons (Fsp3) is 0.423. The van der Waals surface area contributed by atoms with Gasteiger partial charge in [-0.15, -0.1) is 0 Å². The van der Waals surface area contributed by atoms with E-state index in [1.807, 2.05) is 24.3 Å². The van der Waals surface area contributed by atoms with Gasteiger partial charge in [0.1, 0.15) is 11.6 Å². The predicted molar refractivity (Wildman–Crippen MR) is 126 cm³/mol. The van der Waals surface area contributed by atoms with Crippen LogP contribution in [0.1, 0.15) is 61.8 Å². The lowest BCUT2D eigenvalue weighted by Crippen LogP contribution is -2.37. The molecule has 1 aliphatic heterocycles. The number of likely N-dealkylation sites (tertiary alicyclic amines) is 1. The van der Waals surface area contributed by atoms with Crippen LogP contribution < -0.4 is 4.74 Å². The Balaban J connectivity index is 1.23. The molecule has 1 saturated heterocycles. The number of carbonyl (C=O) groups excluding carboxylic acids is 1. The smallest absolute Gasteiger partial charge is 0.298 e. The second kappa shape index (κ2) is 8.20. The minimum Gasteiger partial charge on any atom is -0.430 e. The average molecular weight is 466 g/mol. The number of amides is 1. The maximum Gasteiger partial charge on any atom is 0.298 e. The second-order valence-electron chi connectivity index (χ2n) is 10.6. The van der Waals surface area contributed by atoms with Crippen molar-refractivity contribution in [3.63, 3.8) is 0 Å². The predicted octanol–water partition coefficient (Wildman–Crippen LogP) is 6.10. The Kier molecular flexibility index (Phi) is 5.47. The zero-order valence-electron chi connectivity index (χ0n) is 19.2. The van der Waals surface area contributed by atoms with Gasteiger partial charge in [-0.3, -0.25) is 4.79 Å². The summed E-state index contributed by atoms with van der Waals surface area (Å²) in [6.45, 7) is 7.78. The first-order valence-electron chi connectivity index (χ1n) is 11.3. The summed E-state index contributed by atoms with van der Waals surface area (Å²) in [6, 6.07) is 13.9. The highest BCUT2D eigenvalue weighted by Gasteiger charge is 2.51. The van der Waals surface area contributed by atoms with Crippen LogP contribution >= 0.6 is 11.5 Å². The fourth-order valence-corrected chi connectivity index (χ4v) is 6.33. The number of nitrogens with zero attached hydrogens (tertiary/aromatic N) is 3. The van der Waals surface area contributed by atoms with Gasteiger partial charge < -0.3 is 9.64 Å². The van der Waals surface area contributed by atoms with Gasteiger partial charge in [0.05, 0.1) is 0 Å². The average Bonchev–Trinajstić information content (AvgIpc) is 3.29. The summed E-state index contributed by atoms with van der Waals surface area (Å²) >= 11 is 1.17. The number of aromatic nitrogens is 2.